The minimum absolute atomic E-state index is 0.289. The van der Waals surface area contributed by atoms with E-state index in [4.69, 9.17) is 5.73 Å². The van der Waals surface area contributed by atoms with E-state index in [1.165, 1.54) is 18.5 Å². The normalized spacial score (nSPS) is 8.45. The maximum atomic E-state index is 11.8. The van der Waals surface area contributed by atoms with Crippen LogP contribution in [-0.2, 0) is 0 Å². The Morgan fingerprint density at radius 2 is 1.40 bits per heavy atom. The lowest BCUT2D eigenvalue weighted by Crippen LogP contribution is -1.81. The lowest BCUT2D eigenvalue weighted by molar-refractivity contribution is 0.621. The van der Waals surface area contributed by atoms with Gasteiger partial charge in [0, 0.05) is 36.7 Å². The van der Waals surface area contributed by atoms with Gasteiger partial charge in [-0.05, 0) is 36.4 Å². The van der Waals surface area contributed by atoms with Crippen LogP contribution >= 0.6 is 0 Å². The SMILES string of the molecule is Fc1cccnc1.Nc1ccncc1.c1ccnnc1. The summed E-state index contributed by atoms with van der Waals surface area (Å²) in [5, 5.41) is 7.07. The van der Waals surface area contributed by atoms with E-state index in [2.05, 4.69) is 20.2 Å². The fraction of sp³-hybridized carbons (Fsp3) is 0. The average Bonchev–Trinajstić information content (AvgIpc) is 2.52. The summed E-state index contributed by atoms with van der Waals surface area (Å²) in [7, 11) is 0. The van der Waals surface area contributed by atoms with Crippen LogP contribution in [0.1, 0.15) is 0 Å². The van der Waals surface area contributed by atoms with E-state index in [1.54, 1.807) is 43.0 Å². The molecule has 3 rings (SSSR count). The molecular weight excluding hydrogens is 257 g/mol. The monoisotopic (exact) mass is 271 g/mol. The fourth-order valence-corrected chi connectivity index (χ4v) is 0.959. The van der Waals surface area contributed by atoms with Crippen LogP contribution in [0.15, 0.2) is 73.6 Å². The molecule has 0 aliphatic carbocycles. The van der Waals surface area contributed by atoms with E-state index >= 15 is 0 Å². The van der Waals surface area contributed by atoms with Crippen molar-refractivity contribution in [2.24, 2.45) is 0 Å². The molecule has 0 atom stereocenters. The van der Waals surface area contributed by atoms with Crippen LogP contribution < -0.4 is 5.73 Å². The summed E-state index contributed by atoms with van der Waals surface area (Å²) in [5.74, 6) is -0.289. The maximum Gasteiger partial charge on any atom is 0.141 e. The number of pyridine rings is 2. The number of hydrogen-bond acceptors (Lipinski definition) is 5. The molecule has 0 saturated carbocycles. The Morgan fingerprint density at radius 1 is 0.750 bits per heavy atom. The molecule has 0 aliphatic heterocycles. The minimum atomic E-state index is -0.289. The first-order chi connectivity index (χ1) is 9.79. The van der Waals surface area contributed by atoms with Crippen LogP contribution in [0, 0.1) is 5.82 Å². The summed E-state index contributed by atoms with van der Waals surface area (Å²) >= 11 is 0. The molecule has 3 aromatic heterocycles. The molecule has 0 fully saturated rings. The van der Waals surface area contributed by atoms with Crippen LogP contribution in [-0.4, -0.2) is 20.2 Å². The molecule has 3 aromatic rings. The summed E-state index contributed by atoms with van der Waals surface area (Å²) in [6.07, 6.45) is 9.30. The van der Waals surface area contributed by atoms with Gasteiger partial charge in [-0.1, -0.05) is 0 Å². The molecule has 6 heteroatoms. The summed E-state index contributed by atoms with van der Waals surface area (Å²) in [6.45, 7) is 0. The first-order valence-electron chi connectivity index (χ1n) is 5.71. The van der Waals surface area contributed by atoms with Gasteiger partial charge in [0.25, 0.3) is 0 Å². The highest BCUT2D eigenvalue weighted by molar-refractivity contribution is 5.33. The van der Waals surface area contributed by atoms with E-state index in [1.807, 2.05) is 12.1 Å². The second-order valence-electron chi connectivity index (χ2n) is 3.37. The first kappa shape index (κ1) is 15.2. The standard InChI is InChI=1S/C5H4FN.C5H6N2.C4H4N2/c6-5-2-1-3-7-4-5;6-5-1-3-7-4-2-5;1-2-4-6-5-3-1/h1-4H;1-4H,(H2,6,7);1-4H. The third kappa shape index (κ3) is 8.24. The van der Waals surface area contributed by atoms with Crippen LogP contribution in [0.25, 0.3) is 0 Å². The van der Waals surface area contributed by atoms with Gasteiger partial charge in [0.1, 0.15) is 5.82 Å². The highest BCUT2D eigenvalue weighted by Gasteiger charge is 1.78. The highest BCUT2D eigenvalue weighted by atomic mass is 19.1. The van der Waals surface area contributed by atoms with Gasteiger partial charge < -0.3 is 5.73 Å². The van der Waals surface area contributed by atoms with Gasteiger partial charge in [-0.15, -0.1) is 0 Å². The predicted molar refractivity (Wildman–Crippen MR) is 74.9 cm³/mol. The van der Waals surface area contributed by atoms with Gasteiger partial charge in [-0.25, -0.2) is 4.39 Å². The Kier molecular flexibility index (Phi) is 7.64. The van der Waals surface area contributed by atoms with Crippen molar-refractivity contribution in [3.8, 4) is 0 Å². The van der Waals surface area contributed by atoms with E-state index < -0.39 is 0 Å². The first-order valence-corrected chi connectivity index (χ1v) is 5.71. The Hall–Kier alpha value is -2.89. The van der Waals surface area contributed by atoms with Gasteiger partial charge in [-0.3, -0.25) is 9.97 Å². The molecule has 0 spiro atoms. The smallest absolute Gasteiger partial charge is 0.141 e. The second-order valence-corrected chi connectivity index (χ2v) is 3.37. The van der Waals surface area contributed by atoms with Gasteiger partial charge in [-0.2, -0.15) is 10.2 Å². The largest absolute Gasteiger partial charge is 0.399 e. The molecule has 5 nitrogen and oxygen atoms in total. The molecule has 0 amide bonds. The zero-order valence-electron chi connectivity index (χ0n) is 10.7. The Balaban J connectivity index is 0.000000151. The summed E-state index contributed by atoms with van der Waals surface area (Å²) in [5.41, 5.74) is 6.08. The molecule has 102 valence electrons. The fourth-order valence-electron chi connectivity index (χ4n) is 0.959. The predicted octanol–water partition coefficient (Wildman–Crippen LogP) is 2.36. The Bertz CT molecular complexity index is 484. The Labute approximate surface area is 116 Å². The van der Waals surface area contributed by atoms with Gasteiger partial charge in [0.2, 0.25) is 0 Å². The summed E-state index contributed by atoms with van der Waals surface area (Å²) in [6, 6.07) is 10.1. The van der Waals surface area contributed by atoms with Crippen molar-refractivity contribution in [1.82, 2.24) is 20.2 Å². The number of halogens is 1. The molecule has 0 aliphatic rings. The van der Waals surface area contributed by atoms with Crippen molar-refractivity contribution in [2.45, 2.75) is 0 Å². The lowest BCUT2D eigenvalue weighted by Gasteiger charge is -1.83. The van der Waals surface area contributed by atoms with Gasteiger partial charge in [0.15, 0.2) is 0 Å². The van der Waals surface area contributed by atoms with Gasteiger partial charge in [0.05, 0.1) is 6.20 Å². The zero-order chi connectivity index (χ0) is 14.5. The number of nitrogens with zero attached hydrogens (tertiary/aromatic N) is 4. The van der Waals surface area contributed by atoms with Crippen LogP contribution in [0.5, 0.6) is 0 Å². The number of nitrogen functional groups attached to an aromatic ring is 1. The molecule has 0 aromatic carbocycles. The van der Waals surface area contributed by atoms with E-state index in [0.717, 1.165) is 5.69 Å². The maximum absolute atomic E-state index is 11.8. The second kappa shape index (κ2) is 10.1. The molecule has 0 saturated heterocycles. The summed E-state index contributed by atoms with van der Waals surface area (Å²) in [4.78, 5) is 7.27. The number of aromatic nitrogens is 4. The average molecular weight is 271 g/mol. The van der Waals surface area contributed by atoms with Crippen LogP contribution in [0.3, 0.4) is 0 Å². The number of nitrogens with two attached hydrogens (primary N) is 1. The molecule has 0 radical (unpaired) electrons. The number of hydrogen-bond donors (Lipinski definition) is 1. The van der Waals surface area contributed by atoms with Crippen molar-refractivity contribution in [1.29, 1.82) is 0 Å². The van der Waals surface area contributed by atoms with Crippen molar-refractivity contribution < 1.29 is 4.39 Å². The number of anilines is 1. The topological polar surface area (TPSA) is 77.6 Å². The van der Waals surface area contributed by atoms with Crippen LogP contribution in [0.2, 0.25) is 0 Å². The van der Waals surface area contributed by atoms with E-state index in [9.17, 15) is 4.39 Å². The Morgan fingerprint density at radius 3 is 1.65 bits per heavy atom. The molecule has 0 bridgehead atoms. The summed E-state index contributed by atoms with van der Waals surface area (Å²) < 4.78 is 11.8. The molecule has 3 heterocycles. The molecule has 2 N–H and O–H groups in total. The highest BCUT2D eigenvalue weighted by Crippen LogP contribution is 1.92. The molecular formula is C14H14FN5. The van der Waals surface area contributed by atoms with E-state index in [0.29, 0.717) is 0 Å². The third-order valence-electron chi connectivity index (χ3n) is 1.81. The minimum Gasteiger partial charge on any atom is -0.399 e. The van der Waals surface area contributed by atoms with Crippen molar-refractivity contribution >= 4 is 5.69 Å². The number of rotatable bonds is 0. The van der Waals surface area contributed by atoms with E-state index in [-0.39, 0.29) is 5.82 Å². The van der Waals surface area contributed by atoms with Crippen molar-refractivity contribution in [2.75, 3.05) is 5.73 Å². The van der Waals surface area contributed by atoms with Crippen molar-refractivity contribution in [3.05, 3.63) is 79.4 Å². The van der Waals surface area contributed by atoms with Crippen LogP contribution in [0.4, 0.5) is 10.1 Å². The lowest BCUT2D eigenvalue weighted by atomic mass is 10.4. The van der Waals surface area contributed by atoms with Gasteiger partial charge >= 0.3 is 0 Å². The molecule has 0 unspecified atom stereocenters. The molecule has 20 heavy (non-hydrogen) atoms. The third-order valence-corrected chi connectivity index (χ3v) is 1.81. The quantitative estimate of drug-likeness (QED) is 0.679. The van der Waals surface area contributed by atoms with Crippen molar-refractivity contribution in [3.63, 3.8) is 0 Å². The zero-order valence-corrected chi connectivity index (χ0v) is 10.7.